The zero-order valence-electron chi connectivity index (χ0n) is 13.8. The molecule has 5 heteroatoms. The molecular weight excluding hydrogens is 290 g/mol. The van der Waals surface area contributed by atoms with Crippen molar-refractivity contribution in [2.24, 2.45) is 11.1 Å². The second kappa shape index (κ2) is 6.49. The third kappa shape index (κ3) is 3.08. The number of rotatable bonds is 3. The van der Waals surface area contributed by atoms with E-state index in [-0.39, 0.29) is 30.1 Å². The molecule has 0 aromatic heterocycles. The van der Waals surface area contributed by atoms with Crippen LogP contribution in [0.25, 0.3) is 0 Å². The van der Waals surface area contributed by atoms with Crippen LogP contribution in [-0.2, 0) is 6.42 Å². The van der Waals surface area contributed by atoms with E-state index in [2.05, 4.69) is 18.3 Å². The Hall–Kier alpha value is -1.59. The molecule has 2 aliphatic rings. The van der Waals surface area contributed by atoms with Gasteiger partial charge in [0.05, 0.1) is 12.1 Å². The van der Waals surface area contributed by atoms with Crippen molar-refractivity contribution < 1.29 is 9.90 Å². The van der Waals surface area contributed by atoms with Crippen LogP contribution in [0, 0.1) is 5.41 Å². The lowest BCUT2D eigenvalue weighted by Crippen LogP contribution is -2.52. The summed E-state index contributed by atoms with van der Waals surface area (Å²) in [4.78, 5) is 14.4. The largest absolute Gasteiger partial charge is 0.396 e. The molecule has 1 aliphatic heterocycles. The maximum atomic E-state index is 12.5. The lowest BCUT2D eigenvalue weighted by atomic mass is 9.77. The zero-order valence-corrected chi connectivity index (χ0v) is 13.8. The van der Waals surface area contributed by atoms with E-state index in [0.29, 0.717) is 13.1 Å². The van der Waals surface area contributed by atoms with E-state index in [9.17, 15) is 9.90 Å². The van der Waals surface area contributed by atoms with Crippen molar-refractivity contribution in [1.29, 1.82) is 0 Å². The summed E-state index contributed by atoms with van der Waals surface area (Å²) in [6, 6.07) is 7.94. The number of nitrogens with zero attached hydrogens (tertiary/aromatic N) is 1. The summed E-state index contributed by atoms with van der Waals surface area (Å²) in [6.45, 7) is 3.73. The third-order valence-corrected chi connectivity index (χ3v) is 5.79. The maximum absolute atomic E-state index is 12.5. The quantitative estimate of drug-likeness (QED) is 0.795. The standard InChI is InChI=1S/C18H27N3O2/c1-2-18(12-22)7-9-21(10-8-18)17(23)20-15-11-13-5-3-4-6-14(13)16(15)19/h3-6,15-16,22H,2,7-12,19H2,1H3,(H,20,23)/t15-,16-/m1/s1. The van der Waals surface area contributed by atoms with Crippen LogP contribution in [0.15, 0.2) is 24.3 Å². The molecule has 1 saturated heterocycles. The molecule has 0 radical (unpaired) electrons. The number of amides is 2. The van der Waals surface area contributed by atoms with Crippen LogP contribution >= 0.6 is 0 Å². The number of fused-ring (bicyclic) bond motifs is 1. The highest BCUT2D eigenvalue weighted by atomic mass is 16.3. The average molecular weight is 317 g/mol. The molecule has 0 saturated carbocycles. The number of nitrogens with two attached hydrogens (primary N) is 1. The van der Waals surface area contributed by atoms with Gasteiger partial charge in [-0.05, 0) is 42.2 Å². The van der Waals surface area contributed by atoms with Gasteiger partial charge < -0.3 is 21.1 Å². The van der Waals surface area contributed by atoms with Crippen molar-refractivity contribution in [2.75, 3.05) is 19.7 Å². The molecule has 1 fully saturated rings. The second-order valence-electron chi connectivity index (χ2n) is 6.98. The number of aliphatic hydroxyl groups excluding tert-OH is 1. The fraction of sp³-hybridized carbons (Fsp3) is 0.611. The van der Waals surface area contributed by atoms with Crippen molar-refractivity contribution in [2.45, 2.75) is 44.7 Å². The van der Waals surface area contributed by atoms with E-state index in [1.54, 1.807) is 0 Å². The monoisotopic (exact) mass is 317 g/mol. The number of piperidine rings is 1. The van der Waals surface area contributed by atoms with E-state index < -0.39 is 0 Å². The molecule has 2 amide bonds. The predicted molar refractivity (Wildman–Crippen MR) is 90.0 cm³/mol. The van der Waals surface area contributed by atoms with Gasteiger partial charge in [0.2, 0.25) is 0 Å². The molecule has 0 bridgehead atoms. The lowest BCUT2D eigenvalue weighted by molar-refractivity contribution is 0.0514. The molecule has 1 aromatic carbocycles. The number of hydrogen-bond acceptors (Lipinski definition) is 3. The number of carbonyl (C=O) groups is 1. The molecule has 0 spiro atoms. The van der Waals surface area contributed by atoms with Gasteiger partial charge in [-0.2, -0.15) is 0 Å². The average Bonchev–Trinajstić information content (AvgIpc) is 2.91. The number of benzene rings is 1. The number of carbonyl (C=O) groups excluding carboxylic acids is 1. The normalized spacial score (nSPS) is 26.0. The first-order valence-electron chi connectivity index (χ1n) is 8.58. The molecule has 1 heterocycles. The molecule has 0 unspecified atom stereocenters. The number of likely N-dealkylation sites (tertiary alicyclic amines) is 1. The summed E-state index contributed by atoms with van der Waals surface area (Å²) in [6.07, 6.45) is 3.49. The highest BCUT2D eigenvalue weighted by molar-refractivity contribution is 5.75. The van der Waals surface area contributed by atoms with Crippen molar-refractivity contribution in [3.05, 3.63) is 35.4 Å². The zero-order chi connectivity index (χ0) is 16.4. The molecule has 2 atom stereocenters. The molecule has 1 aliphatic carbocycles. The van der Waals surface area contributed by atoms with Crippen molar-refractivity contribution in [3.63, 3.8) is 0 Å². The third-order valence-electron chi connectivity index (χ3n) is 5.79. The maximum Gasteiger partial charge on any atom is 0.317 e. The summed E-state index contributed by atoms with van der Waals surface area (Å²) >= 11 is 0. The summed E-state index contributed by atoms with van der Waals surface area (Å²) in [5, 5.41) is 12.7. The predicted octanol–water partition coefficient (Wildman–Crippen LogP) is 1.81. The first kappa shape index (κ1) is 16.3. The number of nitrogens with one attached hydrogen (secondary N) is 1. The minimum Gasteiger partial charge on any atom is -0.396 e. The Morgan fingerprint density at radius 2 is 2.09 bits per heavy atom. The topological polar surface area (TPSA) is 78.6 Å². The molecule has 126 valence electrons. The lowest BCUT2D eigenvalue weighted by Gasteiger charge is -2.40. The first-order chi connectivity index (χ1) is 11.1. The summed E-state index contributed by atoms with van der Waals surface area (Å²) < 4.78 is 0. The summed E-state index contributed by atoms with van der Waals surface area (Å²) in [7, 11) is 0. The van der Waals surface area contributed by atoms with Crippen molar-refractivity contribution in [1.82, 2.24) is 10.2 Å². The fourth-order valence-corrected chi connectivity index (χ4v) is 3.82. The Kier molecular flexibility index (Phi) is 4.60. The number of aliphatic hydroxyl groups is 1. The van der Waals surface area contributed by atoms with E-state index in [1.165, 1.54) is 5.56 Å². The van der Waals surface area contributed by atoms with Gasteiger partial charge in [-0.1, -0.05) is 31.2 Å². The van der Waals surface area contributed by atoms with Gasteiger partial charge in [0, 0.05) is 19.7 Å². The van der Waals surface area contributed by atoms with Gasteiger partial charge in [0.1, 0.15) is 0 Å². The second-order valence-corrected chi connectivity index (χ2v) is 6.98. The Labute approximate surface area is 137 Å². The van der Waals surface area contributed by atoms with Crippen LogP contribution in [0.5, 0.6) is 0 Å². The molecule has 23 heavy (non-hydrogen) atoms. The van der Waals surface area contributed by atoms with Crippen LogP contribution in [-0.4, -0.2) is 41.8 Å². The van der Waals surface area contributed by atoms with Crippen LogP contribution < -0.4 is 11.1 Å². The Morgan fingerprint density at radius 1 is 1.39 bits per heavy atom. The van der Waals surface area contributed by atoms with Crippen LogP contribution in [0.3, 0.4) is 0 Å². The van der Waals surface area contributed by atoms with Gasteiger partial charge in [-0.25, -0.2) is 4.79 Å². The van der Waals surface area contributed by atoms with E-state index in [0.717, 1.165) is 31.2 Å². The smallest absolute Gasteiger partial charge is 0.317 e. The van der Waals surface area contributed by atoms with Gasteiger partial charge in [0.15, 0.2) is 0 Å². The molecule has 3 rings (SSSR count). The Bertz CT molecular complexity index is 561. The highest BCUT2D eigenvalue weighted by Gasteiger charge is 2.36. The van der Waals surface area contributed by atoms with Crippen LogP contribution in [0.1, 0.15) is 43.4 Å². The fourth-order valence-electron chi connectivity index (χ4n) is 3.82. The summed E-state index contributed by atoms with van der Waals surface area (Å²) in [5.74, 6) is 0. The highest BCUT2D eigenvalue weighted by Crippen LogP contribution is 2.34. The molecule has 1 aromatic rings. The Morgan fingerprint density at radius 3 is 2.70 bits per heavy atom. The van der Waals surface area contributed by atoms with E-state index >= 15 is 0 Å². The minimum absolute atomic E-state index is 0.00320. The van der Waals surface area contributed by atoms with Crippen molar-refractivity contribution >= 4 is 6.03 Å². The van der Waals surface area contributed by atoms with Crippen LogP contribution in [0.2, 0.25) is 0 Å². The first-order valence-corrected chi connectivity index (χ1v) is 8.58. The SMILES string of the molecule is CCC1(CO)CCN(C(=O)N[C@@H]2Cc3ccccc3[C@H]2N)CC1. The number of hydrogen-bond donors (Lipinski definition) is 3. The summed E-state index contributed by atoms with van der Waals surface area (Å²) in [5.41, 5.74) is 8.66. The Balaban J connectivity index is 1.57. The van der Waals surface area contributed by atoms with E-state index in [4.69, 9.17) is 5.73 Å². The van der Waals surface area contributed by atoms with E-state index in [1.807, 2.05) is 23.1 Å². The van der Waals surface area contributed by atoms with Gasteiger partial charge in [0.25, 0.3) is 0 Å². The van der Waals surface area contributed by atoms with Crippen LogP contribution in [0.4, 0.5) is 4.79 Å². The number of urea groups is 1. The van der Waals surface area contributed by atoms with Gasteiger partial charge in [-0.15, -0.1) is 0 Å². The molecule has 5 nitrogen and oxygen atoms in total. The molecule has 4 N–H and O–H groups in total. The van der Waals surface area contributed by atoms with Crippen molar-refractivity contribution in [3.8, 4) is 0 Å². The van der Waals surface area contributed by atoms with Gasteiger partial charge in [-0.3, -0.25) is 0 Å². The van der Waals surface area contributed by atoms with Gasteiger partial charge >= 0.3 is 6.03 Å². The molecular formula is C18H27N3O2. The minimum atomic E-state index is -0.132.